The van der Waals surface area contributed by atoms with Gasteiger partial charge in [0.1, 0.15) is 11.2 Å². The van der Waals surface area contributed by atoms with Gasteiger partial charge in [0.25, 0.3) is 0 Å². The smallest absolute Gasteiger partial charge is 0.213 e. The number of aromatic amines is 2. The van der Waals surface area contributed by atoms with Gasteiger partial charge >= 0.3 is 0 Å². The first kappa shape index (κ1) is 15.8. The molecule has 7 heteroatoms. The number of nitrogens with one attached hydrogen (secondary N) is 2. The van der Waals surface area contributed by atoms with Crippen LogP contribution in [0.2, 0.25) is 0 Å². The number of nitrogens with zero attached hydrogens (tertiary/aromatic N) is 4. The Morgan fingerprint density at radius 1 is 1.40 bits per heavy atom. The van der Waals surface area contributed by atoms with Crippen molar-refractivity contribution < 1.29 is 4.79 Å². The van der Waals surface area contributed by atoms with E-state index in [1.165, 1.54) is 16.2 Å². The highest BCUT2D eigenvalue weighted by atomic mass is 16.1. The SMILES string of the molecule is CC1Cc2c(-c3nc4cc(N(C)C=O)cnc4[nH]3)n[nH]c2CC1(C)C. The van der Waals surface area contributed by atoms with Crippen molar-refractivity contribution in [3.05, 3.63) is 23.5 Å². The summed E-state index contributed by atoms with van der Waals surface area (Å²) < 4.78 is 0. The van der Waals surface area contributed by atoms with Crippen LogP contribution in [0.4, 0.5) is 5.69 Å². The Morgan fingerprint density at radius 2 is 2.20 bits per heavy atom. The van der Waals surface area contributed by atoms with Crippen LogP contribution in [0.5, 0.6) is 0 Å². The predicted octanol–water partition coefficient (Wildman–Crippen LogP) is 2.70. The summed E-state index contributed by atoms with van der Waals surface area (Å²) in [4.78, 5) is 24.7. The van der Waals surface area contributed by atoms with Crippen LogP contribution in [0.1, 0.15) is 32.0 Å². The largest absolute Gasteiger partial charge is 0.321 e. The molecule has 0 saturated heterocycles. The molecule has 25 heavy (non-hydrogen) atoms. The average molecular weight is 338 g/mol. The Labute approximate surface area is 145 Å². The molecule has 3 heterocycles. The van der Waals surface area contributed by atoms with Crippen LogP contribution in [0, 0.1) is 11.3 Å². The highest BCUT2D eigenvalue weighted by Gasteiger charge is 2.35. The molecule has 0 bridgehead atoms. The number of anilines is 1. The average Bonchev–Trinajstić information content (AvgIpc) is 3.16. The standard InChI is InChI=1S/C18H22N6O/c1-10-5-12-14(7-18(10,2)3)22-23-15(12)17-20-13-6-11(24(4)9-25)8-19-16(13)21-17/h6,8-10H,5,7H2,1-4H3,(H,22,23)(H,19,20,21). The summed E-state index contributed by atoms with van der Waals surface area (Å²) in [7, 11) is 1.69. The summed E-state index contributed by atoms with van der Waals surface area (Å²) in [6, 6.07) is 1.85. The molecule has 0 saturated carbocycles. The van der Waals surface area contributed by atoms with Crippen molar-refractivity contribution >= 4 is 23.3 Å². The minimum Gasteiger partial charge on any atom is -0.321 e. The van der Waals surface area contributed by atoms with Crippen LogP contribution in [0.3, 0.4) is 0 Å². The highest BCUT2D eigenvalue weighted by molar-refractivity contribution is 5.83. The summed E-state index contributed by atoms with van der Waals surface area (Å²) in [5.41, 5.74) is 5.71. The van der Waals surface area contributed by atoms with E-state index >= 15 is 0 Å². The number of imidazole rings is 1. The molecule has 4 rings (SSSR count). The van der Waals surface area contributed by atoms with E-state index in [-0.39, 0.29) is 5.41 Å². The summed E-state index contributed by atoms with van der Waals surface area (Å²) in [6.07, 6.45) is 4.38. The van der Waals surface area contributed by atoms with Crippen molar-refractivity contribution in [1.29, 1.82) is 0 Å². The predicted molar refractivity (Wildman–Crippen MR) is 96.3 cm³/mol. The van der Waals surface area contributed by atoms with Gasteiger partial charge in [-0.15, -0.1) is 0 Å². The number of rotatable bonds is 3. The lowest BCUT2D eigenvalue weighted by Gasteiger charge is -2.36. The first-order valence-corrected chi connectivity index (χ1v) is 8.49. The third-order valence-corrected chi connectivity index (χ3v) is 5.54. The van der Waals surface area contributed by atoms with E-state index in [2.05, 4.69) is 45.9 Å². The maximum Gasteiger partial charge on any atom is 0.213 e. The Hall–Kier alpha value is -2.70. The number of carbonyl (C=O) groups is 1. The van der Waals surface area contributed by atoms with E-state index in [4.69, 9.17) is 0 Å². The van der Waals surface area contributed by atoms with E-state index < -0.39 is 0 Å². The lowest BCUT2D eigenvalue weighted by atomic mass is 9.69. The van der Waals surface area contributed by atoms with E-state index in [0.29, 0.717) is 17.3 Å². The van der Waals surface area contributed by atoms with Crippen LogP contribution in [0.15, 0.2) is 12.3 Å². The van der Waals surface area contributed by atoms with Gasteiger partial charge < -0.3 is 9.88 Å². The van der Waals surface area contributed by atoms with Gasteiger partial charge in [0.15, 0.2) is 11.5 Å². The molecule has 3 aromatic rings. The molecule has 0 spiro atoms. The summed E-state index contributed by atoms with van der Waals surface area (Å²) in [5, 5.41) is 7.72. The Kier molecular flexibility index (Phi) is 3.42. The number of amides is 1. The summed E-state index contributed by atoms with van der Waals surface area (Å²) >= 11 is 0. The van der Waals surface area contributed by atoms with Crippen molar-refractivity contribution in [2.75, 3.05) is 11.9 Å². The van der Waals surface area contributed by atoms with Crippen molar-refractivity contribution in [3.63, 3.8) is 0 Å². The molecular formula is C18H22N6O. The van der Waals surface area contributed by atoms with Gasteiger partial charge in [-0.05, 0) is 30.2 Å². The molecule has 1 aliphatic rings. The zero-order valence-electron chi connectivity index (χ0n) is 14.9. The Bertz CT molecular complexity index is 954. The molecular weight excluding hydrogens is 316 g/mol. The summed E-state index contributed by atoms with van der Waals surface area (Å²) in [5.74, 6) is 1.30. The first-order valence-electron chi connectivity index (χ1n) is 8.49. The van der Waals surface area contributed by atoms with Crippen LogP contribution < -0.4 is 4.90 Å². The number of fused-ring (bicyclic) bond motifs is 2. The summed E-state index contributed by atoms with van der Waals surface area (Å²) in [6.45, 7) is 6.90. The number of hydrogen-bond acceptors (Lipinski definition) is 4. The van der Waals surface area contributed by atoms with E-state index in [1.807, 2.05) is 6.07 Å². The molecule has 130 valence electrons. The second kappa shape index (κ2) is 5.40. The Morgan fingerprint density at radius 3 is 2.96 bits per heavy atom. The molecule has 2 N–H and O–H groups in total. The fourth-order valence-electron chi connectivity index (χ4n) is 3.43. The van der Waals surface area contributed by atoms with Gasteiger partial charge in [0.2, 0.25) is 6.41 Å². The monoisotopic (exact) mass is 338 g/mol. The van der Waals surface area contributed by atoms with Gasteiger partial charge in [-0.25, -0.2) is 9.97 Å². The molecule has 1 unspecified atom stereocenters. The van der Waals surface area contributed by atoms with Crippen LogP contribution in [-0.4, -0.2) is 38.6 Å². The van der Waals surface area contributed by atoms with Gasteiger partial charge in [-0.2, -0.15) is 5.10 Å². The molecule has 0 aromatic carbocycles. The third-order valence-electron chi connectivity index (χ3n) is 5.54. The second-order valence-corrected chi connectivity index (χ2v) is 7.66. The van der Waals surface area contributed by atoms with Gasteiger partial charge in [0.05, 0.1) is 11.9 Å². The number of hydrogen-bond donors (Lipinski definition) is 2. The fraction of sp³-hybridized carbons (Fsp3) is 0.444. The normalized spacial score (nSPS) is 19.0. The molecule has 1 aliphatic carbocycles. The minimum absolute atomic E-state index is 0.264. The molecule has 0 fully saturated rings. The van der Waals surface area contributed by atoms with Gasteiger partial charge in [0, 0.05) is 18.3 Å². The maximum atomic E-state index is 10.9. The van der Waals surface area contributed by atoms with Crippen LogP contribution in [0.25, 0.3) is 22.7 Å². The first-order chi connectivity index (χ1) is 11.9. The molecule has 1 atom stereocenters. The molecule has 0 aliphatic heterocycles. The lowest BCUT2D eigenvalue weighted by Crippen LogP contribution is -2.30. The number of aromatic nitrogens is 5. The molecule has 7 nitrogen and oxygen atoms in total. The van der Waals surface area contributed by atoms with Crippen molar-refractivity contribution in [3.8, 4) is 11.5 Å². The van der Waals surface area contributed by atoms with Crippen molar-refractivity contribution in [2.45, 2.75) is 33.6 Å². The zero-order valence-corrected chi connectivity index (χ0v) is 14.9. The lowest BCUT2D eigenvalue weighted by molar-refractivity contribution is -0.107. The Balaban J connectivity index is 1.76. The van der Waals surface area contributed by atoms with E-state index in [9.17, 15) is 4.79 Å². The van der Waals surface area contributed by atoms with Crippen LogP contribution in [-0.2, 0) is 17.6 Å². The van der Waals surface area contributed by atoms with Crippen LogP contribution >= 0.6 is 0 Å². The van der Waals surface area contributed by atoms with Gasteiger partial charge in [-0.1, -0.05) is 20.8 Å². The number of carbonyl (C=O) groups excluding carboxylic acids is 1. The van der Waals surface area contributed by atoms with Crippen molar-refractivity contribution in [1.82, 2.24) is 25.1 Å². The minimum atomic E-state index is 0.264. The highest BCUT2D eigenvalue weighted by Crippen LogP contribution is 2.41. The maximum absolute atomic E-state index is 10.9. The fourth-order valence-corrected chi connectivity index (χ4v) is 3.43. The molecule has 1 amide bonds. The molecule has 0 radical (unpaired) electrons. The van der Waals surface area contributed by atoms with E-state index in [0.717, 1.165) is 36.3 Å². The second-order valence-electron chi connectivity index (χ2n) is 7.66. The third kappa shape index (κ3) is 2.50. The number of H-pyrrole nitrogens is 2. The topological polar surface area (TPSA) is 90.6 Å². The van der Waals surface area contributed by atoms with Crippen molar-refractivity contribution in [2.24, 2.45) is 11.3 Å². The zero-order chi connectivity index (χ0) is 17.8. The number of pyridine rings is 1. The quantitative estimate of drug-likeness (QED) is 0.718. The molecule has 3 aromatic heterocycles. The van der Waals surface area contributed by atoms with Gasteiger partial charge in [-0.3, -0.25) is 9.89 Å². The van der Waals surface area contributed by atoms with E-state index in [1.54, 1.807) is 13.2 Å².